The number of amides is 2. The van der Waals surface area contributed by atoms with E-state index in [4.69, 9.17) is 9.47 Å². The minimum absolute atomic E-state index is 0.0514. The van der Waals surface area contributed by atoms with Crippen LogP contribution in [-0.4, -0.2) is 49.0 Å². The molecule has 2 heterocycles. The van der Waals surface area contributed by atoms with Crippen molar-refractivity contribution < 1.29 is 19.1 Å². The van der Waals surface area contributed by atoms with Crippen LogP contribution in [0.2, 0.25) is 0 Å². The summed E-state index contributed by atoms with van der Waals surface area (Å²) in [7, 11) is 3.08. The molecule has 0 aliphatic carbocycles. The Hall–Kier alpha value is -3.09. The van der Waals surface area contributed by atoms with E-state index in [1.54, 1.807) is 37.4 Å². The molecule has 0 spiro atoms. The number of likely N-dealkylation sites (tertiary alicyclic amines) is 1. The van der Waals surface area contributed by atoms with Gasteiger partial charge in [-0.2, -0.15) is 0 Å². The maximum absolute atomic E-state index is 12.8. The number of benzene rings is 1. The number of hydrogen-bond acceptors (Lipinski definition) is 5. The molecule has 1 fully saturated rings. The number of anilines is 1. The van der Waals surface area contributed by atoms with Crippen LogP contribution in [0.3, 0.4) is 0 Å². The van der Waals surface area contributed by atoms with E-state index in [-0.39, 0.29) is 11.6 Å². The highest BCUT2D eigenvalue weighted by Gasteiger charge is 2.19. The van der Waals surface area contributed by atoms with Crippen LogP contribution < -0.4 is 14.8 Å². The summed E-state index contributed by atoms with van der Waals surface area (Å²) in [6.45, 7) is 1.52. The molecule has 2 aromatic rings. The summed E-state index contributed by atoms with van der Waals surface area (Å²) in [4.78, 5) is 31.4. The molecule has 148 valence electrons. The van der Waals surface area contributed by atoms with Crippen LogP contribution in [0.15, 0.2) is 36.5 Å². The Bertz CT molecular complexity index is 845. The van der Waals surface area contributed by atoms with E-state index >= 15 is 0 Å². The van der Waals surface area contributed by atoms with Gasteiger partial charge in [0.2, 0.25) is 0 Å². The Morgan fingerprint density at radius 2 is 1.68 bits per heavy atom. The second-order valence-corrected chi connectivity index (χ2v) is 6.66. The topological polar surface area (TPSA) is 80.8 Å². The van der Waals surface area contributed by atoms with Gasteiger partial charge in [0.1, 0.15) is 5.69 Å². The fourth-order valence-corrected chi connectivity index (χ4v) is 3.25. The molecule has 1 aliphatic heterocycles. The average Bonchev–Trinajstić information content (AvgIpc) is 3.02. The maximum atomic E-state index is 12.8. The lowest BCUT2D eigenvalue weighted by atomic mass is 10.2. The van der Waals surface area contributed by atoms with Gasteiger partial charge in [-0.3, -0.25) is 14.6 Å². The van der Waals surface area contributed by atoms with Crippen molar-refractivity contribution in [2.75, 3.05) is 32.6 Å². The summed E-state index contributed by atoms with van der Waals surface area (Å²) in [5.41, 5.74) is 1.22. The normalized spacial score (nSPS) is 14.1. The molecule has 1 aliphatic rings. The molecular formula is C21H25N3O4. The number of aromatic nitrogens is 1. The Morgan fingerprint density at radius 1 is 0.964 bits per heavy atom. The van der Waals surface area contributed by atoms with Crippen LogP contribution in [-0.2, 0) is 0 Å². The summed E-state index contributed by atoms with van der Waals surface area (Å²) in [5.74, 6) is 0.643. The van der Waals surface area contributed by atoms with Gasteiger partial charge in [0.25, 0.3) is 11.8 Å². The van der Waals surface area contributed by atoms with Gasteiger partial charge in [-0.1, -0.05) is 12.8 Å². The zero-order chi connectivity index (χ0) is 19.9. The highest BCUT2D eigenvalue weighted by molar-refractivity contribution is 6.04. The largest absolute Gasteiger partial charge is 0.493 e. The maximum Gasteiger partial charge on any atom is 0.274 e. The number of pyridine rings is 1. The second-order valence-electron chi connectivity index (χ2n) is 6.66. The predicted molar refractivity (Wildman–Crippen MR) is 106 cm³/mol. The highest BCUT2D eigenvalue weighted by atomic mass is 16.5. The molecule has 7 heteroatoms. The van der Waals surface area contributed by atoms with Crippen molar-refractivity contribution in [2.24, 2.45) is 0 Å². The molecule has 1 aromatic carbocycles. The van der Waals surface area contributed by atoms with Gasteiger partial charge in [-0.15, -0.1) is 0 Å². The van der Waals surface area contributed by atoms with Crippen molar-refractivity contribution in [1.29, 1.82) is 0 Å². The Labute approximate surface area is 164 Å². The van der Waals surface area contributed by atoms with Crippen LogP contribution in [0.1, 0.15) is 46.5 Å². The third kappa shape index (κ3) is 4.60. The zero-order valence-corrected chi connectivity index (χ0v) is 16.2. The molecule has 0 atom stereocenters. The summed E-state index contributed by atoms with van der Waals surface area (Å²) in [5, 5.41) is 2.78. The van der Waals surface area contributed by atoms with E-state index in [1.807, 2.05) is 4.90 Å². The average molecular weight is 383 g/mol. The smallest absolute Gasteiger partial charge is 0.274 e. The van der Waals surface area contributed by atoms with E-state index in [2.05, 4.69) is 10.3 Å². The van der Waals surface area contributed by atoms with E-state index in [0.717, 1.165) is 38.8 Å². The van der Waals surface area contributed by atoms with Gasteiger partial charge in [0, 0.05) is 36.6 Å². The number of nitrogens with one attached hydrogen (secondary N) is 1. The summed E-state index contributed by atoms with van der Waals surface area (Å²) in [6, 6.07) is 8.29. The molecule has 0 radical (unpaired) electrons. The van der Waals surface area contributed by atoms with Crippen LogP contribution in [0.5, 0.6) is 11.5 Å². The van der Waals surface area contributed by atoms with Gasteiger partial charge in [0.15, 0.2) is 11.5 Å². The molecule has 3 rings (SSSR count). The minimum Gasteiger partial charge on any atom is -0.493 e. The van der Waals surface area contributed by atoms with E-state index in [1.165, 1.54) is 13.3 Å². The van der Waals surface area contributed by atoms with E-state index in [9.17, 15) is 9.59 Å². The number of nitrogens with zero attached hydrogens (tertiary/aromatic N) is 2. The Kier molecular flexibility index (Phi) is 6.47. The highest BCUT2D eigenvalue weighted by Crippen LogP contribution is 2.29. The Balaban J connectivity index is 1.74. The molecule has 28 heavy (non-hydrogen) atoms. The lowest BCUT2D eigenvalue weighted by Crippen LogP contribution is -2.32. The van der Waals surface area contributed by atoms with Gasteiger partial charge < -0.3 is 19.7 Å². The molecule has 0 bridgehead atoms. The van der Waals surface area contributed by atoms with E-state index < -0.39 is 5.91 Å². The molecule has 7 nitrogen and oxygen atoms in total. The Morgan fingerprint density at radius 3 is 2.36 bits per heavy atom. The first kappa shape index (κ1) is 19.7. The molecule has 1 aromatic heterocycles. The van der Waals surface area contributed by atoms with Crippen LogP contribution in [0.4, 0.5) is 5.69 Å². The van der Waals surface area contributed by atoms with Gasteiger partial charge in [-0.05, 0) is 37.1 Å². The van der Waals surface area contributed by atoms with Gasteiger partial charge in [0.05, 0.1) is 14.2 Å². The quantitative estimate of drug-likeness (QED) is 0.856. The van der Waals surface area contributed by atoms with Gasteiger partial charge in [-0.25, -0.2) is 0 Å². The lowest BCUT2D eigenvalue weighted by molar-refractivity contribution is 0.0761. The van der Waals surface area contributed by atoms with Gasteiger partial charge >= 0.3 is 0 Å². The molecule has 1 N–H and O–H groups in total. The monoisotopic (exact) mass is 383 g/mol. The molecule has 2 amide bonds. The van der Waals surface area contributed by atoms with Crippen molar-refractivity contribution >= 4 is 17.5 Å². The first-order valence-electron chi connectivity index (χ1n) is 9.41. The summed E-state index contributed by atoms with van der Waals surface area (Å²) in [6.07, 6.45) is 5.83. The number of carbonyl (C=O) groups is 2. The minimum atomic E-state index is -0.391. The summed E-state index contributed by atoms with van der Waals surface area (Å²) < 4.78 is 10.4. The first-order valence-corrected chi connectivity index (χ1v) is 9.41. The number of rotatable bonds is 5. The molecule has 0 saturated carbocycles. The second kappa shape index (κ2) is 9.21. The lowest BCUT2D eigenvalue weighted by Gasteiger charge is -2.20. The standard InChI is InChI=1S/C21H25N3O4/c1-27-18-8-7-16(14-19(18)28-2)23-20(25)17-13-15(9-10-22-17)21(26)24-11-5-3-4-6-12-24/h7-10,13-14H,3-6,11-12H2,1-2H3,(H,23,25). The SMILES string of the molecule is COc1ccc(NC(=O)c2cc(C(=O)N3CCCCCC3)ccn2)cc1OC. The molecular weight excluding hydrogens is 358 g/mol. The fourth-order valence-electron chi connectivity index (χ4n) is 3.25. The summed E-state index contributed by atoms with van der Waals surface area (Å²) >= 11 is 0. The van der Waals surface area contributed by atoms with Crippen molar-refractivity contribution in [3.63, 3.8) is 0 Å². The van der Waals surface area contributed by atoms with Crippen molar-refractivity contribution in [2.45, 2.75) is 25.7 Å². The number of methoxy groups -OCH3 is 2. The van der Waals surface area contributed by atoms with Crippen LogP contribution >= 0.6 is 0 Å². The van der Waals surface area contributed by atoms with E-state index in [0.29, 0.717) is 22.7 Å². The third-order valence-corrected chi connectivity index (χ3v) is 4.77. The first-order chi connectivity index (χ1) is 13.6. The number of ether oxygens (including phenoxy) is 2. The predicted octanol–water partition coefficient (Wildman–Crippen LogP) is 3.37. The molecule has 0 unspecified atom stereocenters. The third-order valence-electron chi connectivity index (χ3n) is 4.77. The number of carbonyl (C=O) groups excluding carboxylic acids is 2. The van der Waals surface area contributed by atoms with Crippen LogP contribution in [0, 0.1) is 0 Å². The van der Waals surface area contributed by atoms with Crippen molar-refractivity contribution in [3.05, 3.63) is 47.8 Å². The van der Waals surface area contributed by atoms with Crippen molar-refractivity contribution in [1.82, 2.24) is 9.88 Å². The number of hydrogen-bond donors (Lipinski definition) is 1. The zero-order valence-electron chi connectivity index (χ0n) is 16.2. The van der Waals surface area contributed by atoms with Crippen molar-refractivity contribution in [3.8, 4) is 11.5 Å². The fraction of sp³-hybridized carbons (Fsp3) is 0.381. The van der Waals surface area contributed by atoms with Crippen LogP contribution in [0.25, 0.3) is 0 Å². The molecule has 1 saturated heterocycles.